The molecule has 0 amide bonds. The van der Waals surface area contributed by atoms with E-state index < -0.39 is 0 Å². The Morgan fingerprint density at radius 3 is 2.80 bits per heavy atom. The molecule has 0 radical (unpaired) electrons. The predicted molar refractivity (Wildman–Crippen MR) is 95.7 cm³/mol. The summed E-state index contributed by atoms with van der Waals surface area (Å²) in [5.41, 5.74) is 1.45. The first-order valence-corrected chi connectivity index (χ1v) is 7.85. The third-order valence-corrected chi connectivity index (χ3v) is 3.94. The van der Waals surface area contributed by atoms with Gasteiger partial charge in [-0.05, 0) is 30.3 Å². The zero-order chi connectivity index (χ0) is 17.2. The zero-order valence-electron chi connectivity index (χ0n) is 13.2. The number of nitrogens with zero attached hydrogens (tertiary/aromatic N) is 5. The molecule has 0 aliphatic carbocycles. The molecule has 0 unspecified atom stereocenters. The van der Waals surface area contributed by atoms with Crippen molar-refractivity contribution in [3.05, 3.63) is 60.1 Å². The van der Waals surface area contributed by atoms with Gasteiger partial charge in [-0.1, -0.05) is 17.7 Å². The first kappa shape index (κ1) is 15.3. The number of ether oxygens (including phenoxy) is 1. The fourth-order valence-corrected chi connectivity index (χ4v) is 2.73. The van der Waals surface area contributed by atoms with Crippen LogP contribution in [-0.4, -0.2) is 31.8 Å². The first-order chi connectivity index (χ1) is 12.3. The van der Waals surface area contributed by atoms with Crippen LogP contribution in [0.3, 0.4) is 0 Å². The van der Waals surface area contributed by atoms with E-state index in [0.29, 0.717) is 28.1 Å². The van der Waals surface area contributed by atoms with Crippen LogP contribution in [0.2, 0.25) is 5.02 Å². The van der Waals surface area contributed by atoms with E-state index in [2.05, 4.69) is 25.4 Å². The monoisotopic (exact) mass is 352 g/mol. The van der Waals surface area contributed by atoms with Gasteiger partial charge in [-0.25, -0.2) is 15.0 Å². The fraction of sp³-hybridized carbons (Fsp3) is 0.0588. The molecular formula is C17H13ClN6O. The SMILES string of the molecule is COc1ccc(Nc2ncnc3c2cnn3-c2ccccn2)cc1Cl. The molecule has 0 aliphatic heterocycles. The van der Waals surface area contributed by atoms with Crippen molar-refractivity contribution < 1.29 is 4.74 Å². The average molecular weight is 353 g/mol. The minimum absolute atomic E-state index is 0.516. The first-order valence-electron chi connectivity index (χ1n) is 7.47. The zero-order valence-corrected chi connectivity index (χ0v) is 14.0. The summed E-state index contributed by atoms with van der Waals surface area (Å²) in [6.07, 6.45) is 4.90. The van der Waals surface area contributed by atoms with Crippen molar-refractivity contribution in [2.24, 2.45) is 0 Å². The molecule has 124 valence electrons. The Hall–Kier alpha value is -3.19. The second-order valence-electron chi connectivity index (χ2n) is 5.18. The number of hydrogen-bond donors (Lipinski definition) is 1. The van der Waals surface area contributed by atoms with Crippen molar-refractivity contribution in [2.45, 2.75) is 0 Å². The van der Waals surface area contributed by atoms with E-state index in [1.165, 1.54) is 6.33 Å². The number of anilines is 2. The molecule has 1 N–H and O–H groups in total. The van der Waals surface area contributed by atoms with Crippen LogP contribution < -0.4 is 10.1 Å². The highest BCUT2D eigenvalue weighted by Crippen LogP contribution is 2.30. The predicted octanol–water partition coefficient (Wildman–Crippen LogP) is 3.62. The Kier molecular flexibility index (Phi) is 3.91. The van der Waals surface area contributed by atoms with Gasteiger partial charge < -0.3 is 10.1 Å². The van der Waals surface area contributed by atoms with E-state index in [-0.39, 0.29) is 0 Å². The Morgan fingerprint density at radius 1 is 1.12 bits per heavy atom. The normalized spacial score (nSPS) is 10.8. The molecule has 25 heavy (non-hydrogen) atoms. The van der Waals surface area contributed by atoms with Crippen LogP contribution in [-0.2, 0) is 0 Å². The van der Waals surface area contributed by atoms with Crippen LogP contribution >= 0.6 is 11.6 Å². The minimum Gasteiger partial charge on any atom is -0.495 e. The van der Waals surface area contributed by atoms with E-state index in [9.17, 15) is 0 Å². The second kappa shape index (κ2) is 6.37. The Balaban J connectivity index is 1.74. The summed E-state index contributed by atoms with van der Waals surface area (Å²) in [5, 5.41) is 8.91. The van der Waals surface area contributed by atoms with Crippen LogP contribution in [0.4, 0.5) is 11.5 Å². The van der Waals surface area contributed by atoms with Crippen molar-refractivity contribution in [1.82, 2.24) is 24.7 Å². The molecule has 0 spiro atoms. The van der Waals surface area contributed by atoms with Gasteiger partial charge in [0.05, 0.1) is 23.7 Å². The topological polar surface area (TPSA) is 77.8 Å². The third-order valence-electron chi connectivity index (χ3n) is 3.65. The minimum atomic E-state index is 0.516. The molecule has 0 aliphatic rings. The molecular weight excluding hydrogens is 340 g/mol. The summed E-state index contributed by atoms with van der Waals surface area (Å²) in [6.45, 7) is 0. The second-order valence-corrected chi connectivity index (χ2v) is 5.59. The lowest BCUT2D eigenvalue weighted by Crippen LogP contribution is -2.01. The Labute approximate surface area is 148 Å². The van der Waals surface area contributed by atoms with Gasteiger partial charge in [0.2, 0.25) is 0 Å². The number of fused-ring (bicyclic) bond motifs is 1. The van der Waals surface area contributed by atoms with Crippen molar-refractivity contribution in [1.29, 1.82) is 0 Å². The quantitative estimate of drug-likeness (QED) is 0.604. The van der Waals surface area contributed by atoms with Crippen molar-refractivity contribution in [2.75, 3.05) is 12.4 Å². The molecule has 3 heterocycles. The van der Waals surface area contributed by atoms with Gasteiger partial charge in [0.15, 0.2) is 11.5 Å². The lowest BCUT2D eigenvalue weighted by Gasteiger charge is -2.09. The van der Waals surface area contributed by atoms with Crippen LogP contribution in [0.25, 0.3) is 16.9 Å². The fourth-order valence-electron chi connectivity index (χ4n) is 2.47. The number of hydrogen-bond acceptors (Lipinski definition) is 6. The summed E-state index contributed by atoms with van der Waals surface area (Å²) in [6, 6.07) is 11.0. The van der Waals surface area contributed by atoms with Gasteiger partial charge in [-0.2, -0.15) is 9.78 Å². The highest BCUT2D eigenvalue weighted by atomic mass is 35.5. The Morgan fingerprint density at radius 2 is 2.04 bits per heavy atom. The number of nitrogens with one attached hydrogen (secondary N) is 1. The molecule has 7 nitrogen and oxygen atoms in total. The Bertz CT molecular complexity index is 1030. The van der Waals surface area contributed by atoms with Crippen molar-refractivity contribution >= 4 is 34.1 Å². The average Bonchev–Trinajstić information content (AvgIpc) is 3.08. The van der Waals surface area contributed by atoms with E-state index >= 15 is 0 Å². The van der Waals surface area contributed by atoms with Crippen LogP contribution in [0.15, 0.2) is 55.1 Å². The van der Waals surface area contributed by atoms with E-state index in [4.69, 9.17) is 16.3 Å². The number of halogens is 1. The maximum Gasteiger partial charge on any atom is 0.170 e. The molecule has 0 atom stereocenters. The third kappa shape index (κ3) is 2.85. The van der Waals surface area contributed by atoms with Gasteiger partial charge in [-0.3, -0.25) is 0 Å². The number of rotatable bonds is 4. The summed E-state index contributed by atoms with van der Waals surface area (Å²) in [4.78, 5) is 12.9. The van der Waals surface area contributed by atoms with E-state index in [1.807, 2.05) is 24.3 Å². The summed E-state index contributed by atoms with van der Waals surface area (Å²) in [5.74, 6) is 1.94. The molecule has 1 aromatic carbocycles. The van der Waals surface area contributed by atoms with Crippen molar-refractivity contribution in [3.8, 4) is 11.6 Å². The molecule has 0 saturated heterocycles. The highest BCUT2D eigenvalue weighted by Gasteiger charge is 2.12. The molecule has 0 saturated carbocycles. The smallest absolute Gasteiger partial charge is 0.170 e. The number of methoxy groups -OCH3 is 1. The lowest BCUT2D eigenvalue weighted by molar-refractivity contribution is 0.415. The van der Waals surface area contributed by atoms with Gasteiger partial charge in [0, 0.05) is 11.9 Å². The molecule has 4 rings (SSSR count). The lowest BCUT2D eigenvalue weighted by atomic mass is 10.3. The van der Waals surface area contributed by atoms with E-state index in [0.717, 1.165) is 11.1 Å². The maximum absolute atomic E-state index is 6.18. The van der Waals surface area contributed by atoms with E-state index in [1.54, 1.807) is 36.3 Å². The van der Waals surface area contributed by atoms with Crippen molar-refractivity contribution in [3.63, 3.8) is 0 Å². The van der Waals surface area contributed by atoms with Crippen LogP contribution in [0, 0.1) is 0 Å². The summed E-state index contributed by atoms with van der Waals surface area (Å²) in [7, 11) is 1.58. The maximum atomic E-state index is 6.18. The standard InChI is InChI=1S/C17H13ClN6O/c1-25-14-6-5-11(8-13(14)18)23-16-12-9-22-24(17(12)21-10-20-16)15-4-2-3-7-19-15/h2-10H,1H3,(H,20,21,23). The largest absolute Gasteiger partial charge is 0.495 e. The molecule has 0 fully saturated rings. The summed E-state index contributed by atoms with van der Waals surface area (Å²) >= 11 is 6.18. The van der Waals surface area contributed by atoms with Crippen LogP contribution in [0.1, 0.15) is 0 Å². The molecule has 0 bridgehead atoms. The number of benzene rings is 1. The van der Waals surface area contributed by atoms with Gasteiger partial charge in [0.1, 0.15) is 17.9 Å². The molecule has 4 aromatic rings. The van der Waals surface area contributed by atoms with Crippen LogP contribution in [0.5, 0.6) is 5.75 Å². The van der Waals surface area contributed by atoms with Gasteiger partial charge >= 0.3 is 0 Å². The van der Waals surface area contributed by atoms with Gasteiger partial charge in [-0.15, -0.1) is 0 Å². The molecule has 8 heteroatoms. The number of pyridine rings is 1. The molecule has 3 aromatic heterocycles. The summed E-state index contributed by atoms with van der Waals surface area (Å²) < 4.78 is 6.84. The van der Waals surface area contributed by atoms with Gasteiger partial charge in [0.25, 0.3) is 0 Å². The number of aromatic nitrogens is 5. The highest BCUT2D eigenvalue weighted by molar-refractivity contribution is 6.32.